The summed E-state index contributed by atoms with van der Waals surface area (Å²) in [7, 11) is 0. The molecular weight excluding hydrogens is 220 g/mol. The Kier molecular flexibility index (Phi) is 2.82. The van der Waals surface area contributed by atoms with Crippen LogP contribution in [-0.4, -0.2) is 31.1 Å². The maximum atomic E-state index is 11.7. The van der Waals surface area contributed by atoms with Crippen LogP contribution in [0.1, 0.15) is 27.8 Å². The van der Waals surface area contributed by atoms with Gasteiger partial charge in [0.25, 0.3) is 5.91 Å². The first-order valence-electron chi connectivity index (χ1n) is 5.07. The molecule has 0 fully saturated rings. The molecule has 7 heteroatoms. The molecule has 0 aliphatic heterocycles. The molecule has 0 radical (unpaired) electrons. The second kappa shape index (κ2) is 4.28. The van der Waals surface area contributed by atoms with E-state index in [0.717, 1.165) is 11.4 Å². The zero-order chi connectivity index (χ0) is 12.4. The molecule has 88 valence electrons. The number of aromatic amines is 1. The van der Waals surface area contributed by atoms with Crippen LogP contribution in [0.4, 0.5) is 5.95 Å². The van der Waals surface area contributed by atoms with Gasteiger partial charge in [0.1, 0.15) is 5.82 Å². The van der Waals surface area contributed by atoms with Crippen LogP contribution in [0.25, 0.3) is 0 Å². The number of carbonyl (C=O) groups excluding carboxylic acids is 1. The van der Waals surface area contributed by atoms with Crippen molar-refractivity contribution in [2.45, 2.75) is 20.8 Å². The number of rotatable bonds is 2. The first kappa shape index (κ1) is 11.2. The molecule has 0 aliphatic rings. The smallest absolute Gasteiger partial charge is 0.288 e. The van der Waals surface area contributed by atoms with E-state index >= 15 is 0 Å². The highest BCUT2D eigenvalue weighted by Gasteiger charge is 2.12. The number of nitrogens with one attached hydrogen (secondary N) is 2. The van der Waals surface area contributed by atoms with Gasteiger partial charge >= 0.3 is 0 Å². The van der Waals surface area contributed by atoms with E-state index in [9.17, 15) is 4.79 Å². The van der Waals surface area contributed by atoms with Crippen LogP contribution in [-0.2, 0) is 0 Å². The van der Waals surface area contributed by atoms with Gasteiger partial charge in [0.05, 0.1) is 0 Å². The Morgan fingerprint density at radius 2 is 1.82 bits per heavy atom. The highest BCUT2D eigenvalue weighted by atomic mass is 16.2. The van der Waals surface area contributed by atoms with E-state index in [2.05, 4.69) is 30.5 Å². The topological polar surface area (TPSA) is 96.5 Å². The standard InChI is InChI=1S/C10H12N6O/c1-5-4-6(2)12-10(11-5)14-9(17)8-13-7(3)15-16-8/h4H,1-3H3,(H,13,15,16)(H,11,12,14,17). The Balaban J connectivity index is 2.18. The van der Waals surface area contributed by atoms with Crippen LogP contribution < -0.4 is 5.32 Å². The van der Waals surface area contributed by atoms with Crippen molar-refractivity contribution in [2.75, 3.05) is 5.32 Å². The Hall–Kier alpha value is -2.31. The summed E-state index contributed by atoms with van der Waals surface area (Å²) in [6.07, 6.45) is 0. The number of nitrogens with zero attached hydrogens (tertiary/aromatic N) is 4. The van der Waals surface area contributed by atoms with Crippen molar-refractivity contribution >= 4 is 11.9 Å². The van der Waals surface area contributed by atoms with Gasteiger partial charge in [-0.2, -0.15) is 0 Å². The summed E-state index contributed by atoms with van der Waals surface area (Å²) in [6, 6.07) is 1.83. The lowest BCUT2D eigenvalue weighted by Gasteiger charge is -2.02. The molecule has 1 amide bonds. The van der Waals surface area contributed by atoms with Crippen molar-refractivity contribution in [3.8, 4) is 0 Å². The zero-order valence-electron chi connectivity index (χ0n) is 9.77. The molecule has 2 heterocycles. The van der Waals surface area contributed by atoms with E-state index in [1.165, 1.54) is 0 Å². The van der Waals surface area contributed by atoms with Crippen LogP contribution in [0.3, 0.4) is 0 Å². The van der Waals surface area contributed by atoms with Crippen LogP contribution in [0.15, 0.2) is 6.07 Å². The summed E-state index contributed by atoms with van der Waals surface area (Å²) in [6.45, 7) is 5.39. The number of anilines is 1. The molecule has 0 saturated carbocycles. The fourth-order valence-electron chi connectivity index (χ4n) is 1.38. The summed E-state index contributed by atoms with van der Waals surface area (Å²) in [5.74, 6) is 0.482. The minimum absolute atomic E-state index is 0.0743. The van der Waals surface area contributed by atoms with Gasteiger partial charge in [-0.05, 0) is 26.8 Å². The third kappa shape index (κ3) is 2.63. The minimum atomic E-state index is -0.431. The SMILES string of the molecule is Cc1cc(C)nc(NC(=O)c2n[nH]c(C)n2)n1. The van der Waals surface area contributed by atoms with Crippen LogP contribution in [0.2, 0.25) is 0 Å². The van der Waals surface area contributed by atoms with Gasteiger partial charge in [0.2, 0.25) is 11.8 Å². The third-order valence-electron chi connectivity index (χ3n) is 2.01. The largest absolute Gasteiger partial charge is 0.297 e. The van der Waals surface area contributed by atoms with Gasteiger partial charge < -0.3 is 0 Å². The van der Waals surface area contributed by atoms with Gasteiger partial charge in [-0.1, -0.05) is 0 Å². The molecule has 0 unspecified atom stereocenters. The van der Waals surface area contributed by atoms with Gasteiger partial charge in [-0.15, -0.1) is 5.10 Å². The predicted molar refractivity (Wildman–Crippen MR) is 60.6 cm³/mol. The van der Waals surface area contributed by atoms with Crippen molar-refractivity contribution in [3.63, 3.8) is 0 Å². The average molecular weight is 232 g/mol. The summed E-state index contributed by atoms with van der Waals surface area (Å²) in [4.78, 5) is 23.8. The maximum Gasteiger partial charge on any atom is 0.297 e. The third-order valence-corrected chi connectivity index (χ3v) is 2.01. The molecule has 0 spiro atoms. The van der Waals surface area contributed by atoms with Crippen molar-refractivity contribution in [2.24, 2.45) is 0 Å². The molecule has 2 aromatic rings. The number of amides is 1. The molecule has 0 aromatic carbocycles. The Bertz CT molecular complexity index is 541. The van der Waals surface area contributed by atoms with Crippen molar-refractivity contribution in [3.05, 3.63) is 29.1 Å². The number of hydrogen-bond donors (Lipinski definition) is 2. The highest BCUT2D eigenvalue weighted by molar-refractivity contribution is 6.00. The molecule has 7 nitrogen and oxygen atoms in total. The second-order valence-corrected chi connectivity index (χ2v) is 3.67. The van der Waals surface area contributed by atoms with Crippen molar-refractivity contribution in [1.82, 2.24) is 25.1 Å². The number of aryl methyl sites for hydroxylation is 3. The van der Waals surface area contributed by atoms with E-state index in [-0.39, 0.29) is 11.8 Å². The molecule has 0 bridgehead atoms. The maximum absolute atomic E-state index is 11.7. The molecule has 0 saturated heterocycles. The van der Waals surface area contributed by atoms with Gasteiger partial charge in [-0.3, -0.25) is 15.2 Å². The molecule has 2 rings (SSSR count). The first-order chi connectivity index (χ1) is 8.04. The summed E-state index contributed by atoms with van der Waals surface area (Å²) >= 11 is 0. The molecule has 17 heavy (non-hydrogen) atoms. The van der Waals surface area contributed by atoms with Crippen molar-refractivity contribution in [1.29, 1.82) is 0 Å². The van der Waals surface area contributed by atoms with Crippen LogP contribution in [0, 0.1) is 20.8 Å². The van der Waals surface area contributed by atoms with E-state index < -0.39 is 5.91 Å². The quantitative estimate of drug-likeness (QED) is 0.797. The van der Waals surface area contributed by atoms with E-state index in [1.807, 2.05) is 19.9 Å². The lowest BCUT2D eigenvalue weighted by molar-refractivity contribution is 0.101. The summed E-state index contributed by atoms with van der Waals surface area (Å²) in [5.41, 5.74) is 1.58. The van der Waals surface area contributed by atoms with E-state index in [1.54, 1.807) is 6.92 Å². The average Bonchev–Trinajstić information content (AvgIpc) is 2.63. The lowest BCUT2D eigenvalue weighted by atomic mass is 10.4. The molecular formula is C10H12N6O. The second-order valence-electron chi connectivity index (χ2n) is 3.67. The number of carbonyl (C=O) groups is 1. The zero-order valence-corrected chi connectivity index (χ0v) is 9.77. The minimum Gasteiger partial charge on any atom is -0.288 e. The Morgan fingerprint density at radius 3 is 2.35 bits per heavy atom. The number of hydrogen-bond acceptors (Lipinski definition) is 5. The van der Waals surface area contributed by atoms with Crippen molar-refractivity contribution < 1.29 is 4.79 Å². The summed E-state index contributed by atoms with van der Waals surface area (Å²) < 4.78 is 0. The lowest BCUT2D eigenvalue weighted by Crippen LogP contribution is -2.16. The van der Waals surface area contributed by atoms with E-state index in [0.29, 0.717) is 5.82 Å². The molecule has 2 aromatic heterocycles. The number of H-pyrrole nitrogens is 1. The first-order valence-corrected chi connectivity index (χ1v) is 5.07. The van der Waals surface area contributed by atoms with Gasteiger partial charge in [0, 0.05) is 11.4 Å². The fourth-order valence-corrected chi connectivity index (χ4v) is 1.38. The Morgan fingerprint density at radius 1 is 1.18 bits per heavy atom. The molecule has 0 atom stereocenters. The Labute approximate surface area is 97.7 Å². The monoisotopic (exact) mass is 232 g/mol. The summed E-state index contributed by atoms with van der Waals surface area (Å²) in [5, 5.41) is 8.90. The highest BCUT2D eigenvalue weighted by Crippen LogP contribution is 2.04. The molecule has 0 aliphatic carbocycles. The van der Waals surface area contributed by atoms with Crippen LogP contribution >= 0.6 is 0 Å². The van der Waals surface area contributed by atoms with Gasteiger partial charge in [-0.25, -0.2) is 15.0 Å². The van der Waals surface area contributed by atoms with Gasteiger partial charge in [0.15, 0.2) is 0 Å². The van der Waals surface area contributed by atoms with E-state index in [4.69, 9.17) is 0 Å². The van der Waals surface area contributed by atoms with Crippen LogP contribution in [0.5, 0.6) is 0 Å². The number of aromatic nitrogens is 5. The predicted octanol–water partition coefficient (Wildman–Crippen LogP) is 0.772. The fraction of sp³-hybridized carbons (Fsp3) is 0.300. The molecule has 2 N–H and O–H groups in total. The normalized spacial score (nSPS) is 10.3.